The lowest BCUT2D eigenvalue weighted by Crippen LogP contribution is -2.33. The van der Waals surface area contributed by atoms with Crippen LogP contribution in [0.1, 0.15) is 18.4 Å². The molecule has 0 fully saturated rings. The summed E-state index contributed by atoms with van der Waals surface area (Å²) in [6, 6.07) is 6.02. The molecule has 6 heteroatoms. The van der Waals surface area contributed by atoms with Crippen molar-refractivity contribution in [3.05, 3.63) is 42.5 Å². The van der Waals surface area contributed by atoms with E-state index < -0.39 is 16.1 Å². The summed E-state index contributed by atoms with van der Waals surface area (Å²) < 4.78 is 31.3. The van der Waals surface area contributed by atoms with Crippen molar-refractivity contribution < 1.29 is 17.9 Å². The average Bonchev–Trinajstić information content (AvgIpc) is 2.43. The van der Waals surface area contributed by atoms with Gasteiger partial charge >= 0.3 is 5.97 Å². The number of ether oxygens (including phenoxy) is 1. The molecule has 110 valence electrons. The molecule has 1 aromatic carbocycles. The standard InChI is InChI=1S/C14H19NO4S/c1-4-12(7-10-14(16)19-3)15-20(17,18)13-8-5-11(2)6-9-13/h4-6,8-9,12,15H,1,7,10H2,2-3H3/t12-/m0/s1. The monoisotopic (exact) mass is 297 g/mol. The molecule has 0 heterocycles. The van der Waals surface area contributed by atoms with Gasteiger partial charge in [-0.2, -0.15) is 0 Å². The van der Waals surface area contributed by atoms with Gasteiger partial charge < -0.3 is 4.74 Å². The molecule has 5 nitrogen and oxygen atoms in total. The van der Waals surface area contributed by atoms with Gasteiger partial charge in [0.15, 0.2) is 0 Å². The Kier molecular flexibility index (Phi) is 5.91. The van der Waals surface area contributed by atoms with Crippen LogP contribution in [0.15, 0.2) is 41.8 Å². The van der Waals surface area contributed by atoms with E-state index in [1.54, 1.807) is 12.1 Å². The van der Waals surface area contributed by atoms with Gasteiger partial charge in [0.2, 0.25) is 10.0 Å². The Morgan fingerprint density at radius 1 is 1.40 bits per heavy atom. The SMILES string of the molecule is C=C[C@@H](CCC(=O)OC)NS(=O)(=O)c1ccc(C)cc1. The molecule has 0 aliphatic carbocycles. The quantitative estimate of drug-likeness (QED) is 0.615. The Balaban J connectivity index is 2.75. The van der Waals surface area contributed by atoms with Crippen LogP contribution in [0.25, 0.3) is 0 Å². The summed E-state index contributed by atoms with van der Waals surface area (Å²) in [7, 11) is -2.32. The Morgan fingerprint density at radius 3 is 2.50 bits per heavy atom. The van der Waals surface area contributed by atoms with E-state index in [1.807, 2.05) is 6.92 Å². The molecule has 0 spiro atoms. The molecule has 0 aliphatic heterocycles. The molecule has 1 atom stereocenters. The molecule has 1 N–H and O–H groups in total. The van der Waals surface area contributed by atoms with E-state index in [0.717, 1.165) is 5.56 Å². The predicted octanol–water partition coefficient (Wildman–Crippen LogP) is 1.78. The lowest BCUT2D eigenvalue weighted by atomic mass is 10.2. The van der Waals surface area contributed by atoms with E-state index in [1.165, 1.54) is 25.3 Å². The Morgan fingerprint density at radius 2 is 2.00 bits per heavy atom. The zero-order valence-corrected chi connectivity index (χ0v) is 12.4. The summed E-state index contributed by atoms with van der Waals surface area (Å²) >= 11 is 0. The van der Waals surface area contributed by atoms with Crippen LogP contribution in [-0.4, -0.2) is 27.5 Å². The highest BCUT2D eigenvalue weighted by molar-refractivity contribution is 7.89. The molecule has 0 aromatic heterocycles. The van der Waals surface area contributed by atoms with Crippen molar-refractivity contribution in [2.24, 2.45) is 0 Å². The second kappa shape index (κ2) is 7.21. The van der Waals surface area contributed by atoms with Gasteiger partial charge in [0.1, 0.15) is 0 Å². The fraction of sp³-hybridized carbons (Fsp3) is 0.357. The number of nitrogens with one attached hydrogen (secondary N) is 1. The van der Waals surface area contributed by atoms with Gasteiger partial charge in [0, 0.05) is 12.5 Å². The molecule has 0 aliphatic rings. The Hall–Kier alpha value is -1.66. The van der Waals surface area contributed by atoms with Gasteiger partial charge in [-0.05, 0) is 25.5 Å². The summed E-state index contributed by atoms with van der Waals surface area (Å²) in [5, 5.41) is 0. The number of benzene rings is 1. The van der Waals surface area contributed by atoms with Crippen LogP contribution in [-0.2, 0) is 19.6 Å². The van der Waals surface area contributed by atoms with Crippen LogP contribution < -0.4 is 4.72 Å². The first-order valence-electron chi connectivity index (χ1n) is 6.17. The van der Waals surface area contributed by atoms with Crippen molar-refractivity contribution in [1.29, 1.82) is 0 Å². The van der Waals surface area contributed by atoms with Crippen molar-refractivity contribution in [3.63, 3.8) is 0 Å². The minimum absolute atomic E-state index is 0.129. The maximum atomic E-state index is 12.2. The van der Waals surface area contributed by atoms with E-state index in [2.05, 4.69) is 16.0 Å². The van der Waals surface area contributed by atoms with Crippen molar-refractivity contribution >= 4 is 16.0 Å². The van der Waals surface area contributed by atoms with Crippen molar-refractivity contribution in [2.45, 2.75) is 30.7 Å². The number of hydrogen-bond donors (Lipinski definition) is 1. The van der Waals surface area contributed by atoms with Crippen LogP contribution in [0.5, 0.6) is 0 Å². The fourth-order valence-corrected chi connectivity index (χ4v) is 2.83. The van der Waals surface area contributed by atoms with Gasteiger partial charge in [-0.1, -0.05) is 23.8 Å². The molecular formula is C14H19NO4S. The normalized spacial score (nSPS) is 12.7. The zero-order chi connectivity index (χ0) is 15.2. The number of sulfonamides is 1. The maximum absolute atomic E-state index is 12.2. The molecule has 1 aromatic rings. The number of aryl methyl sites for hydroxylation is 1. The second-order valence-electron chi connectivity index (χ2n) is 4.39. The van der Waals surface area contributed by atoms with Crippen LogP contribution in [0.2, 0.25) is 0 Å². The first-order chi connectivity index (χ1) is 9.39. The topological polar surface area (TPSA) is 72.5 Å². The first-order valence-corrected chi connectivity index (χ1v) is 7.65. The first kappa shape index (κ1) is 16.4. The van der Waals surface area contributed by atoms with E-state index >= 15 is 0 Å². The van der Waals surface area contributed by atoms with Gasteiger partial charge in [-0.25, -0.2) is 13.1 Å². The average molecular weight is 297 g/mol. The van der Waals surface area contributed by atoms with Gasteiger partial charge in [-0.15, -0.1) is 6.58 Å². The second-order valence-corrected chi connectivity index (χ2v) is 6.11. The molecular weight excluding hydrogens is 278 g/mol. The minimum Gasteiger partial charge on any atom is -0.469 e. The molecule has 1 rings (SSSR count). The Labute approximate surface area is 119 Å². The van der Waals surface area contributed by atoms with E-state index in [4.69, 9.17) is 0 Å². The van der Waals surface area contributed by atoms with Gasteiger partial charge in [-0.3, -0.25) is 4.79 Å². The Bertz CT molecular complexity index is 563. The van der Waals surface area contributed by atoms with E-state index in [9.17, 15) is 13.2 Å². The number of esters is 1. The summed E-state index contributed by atoms with van der Waals surface area (Å²) in [5.74, 6) is -0.383. The summed E-state index contributed by atoms with van der Waals surface area (Å²) in [4.78, 5) is 11.3. The highest BCUT2D eigenvalue weighted by atomic mass is 32.2. The smallest absolute Gasteiger partial charge is 0.305 e. The van der Waals surface area contributed by atoms with E-state index in [-0.39, 0.29) is 17.3 Å². The van der Waals surface area contributed by atoms with Crippen molar-refractivity contribution in [1.82, 2.24) is 4.72 Å². The highest BCUT2D eigenvalue weighted by Crippen LogP contribution is 2.12. The van der Waals surface area contributed by atoms with Crippen LogP contribution in [0.3, 0.4) is 0 Å². The van der Waals surface area contributed by atoms with Gasteiger partial charge in [0.25, 0.3) is 0 Å². The third-order valence-electron chi connectivity index (χ3n) is 2.81. The minimum atomic E-state index is -3.62. The van der Waals surface area contributed by atoms with Crippen LogP contribution in [0, 0.1) is 6.92 Å². The van der Waals surface area contributed by atoms with Crippen molar-refractivity contribution in [2.75, 3.05) is 7.11 Å². The molecule has 0 saturated carbocycles. The number of hydrogen-bond acceptors (Lipinski definition) is 4. The number of carbonyl (C=O) groups is 1. The molecule has 0 saturated heterocycles. The molecule has 0 unspecified atom stereocenters. The highest BCUT2D eigenvalue weighted by Gasteiger charge is 2.18. The third kappa shape index (κ3) is 4.79. The maximum Gasteiger partial charge on any atom is 0.305 e. The third-order valence-corrected chi connectivity index (χ3v) is 4.32. The summed E-state index contributed by atoms with van der Waals surface area (Å²) in [5.41, 5.74) is 0.981. The molecule has 0 radical (unpaired) electrons. The molecule has 0 amide bonds. The summed E-state index contributed by atoms with van der Waals surface area (Å²) in [6.07, 6.45) is 1.90. The van der Waals surface area contributed by atoms with E-state index in [0.29, 0.717) is 6.42 Å². The predicted molar refractivity (Wildman–Crippen MR) is 76.7 cm³/mol. The zero-order valence-electron chi connectivity index (χ0n) is 11.6. The van der Waals surface area contributed by atoms with Gasteiger partial charge in [0.05, 0.1) is 12.0 Å². The molecule has 20 heavy (non-hydrogen) atoms. The number of carbonyl (C=O) groups excluding carboxylic acids is 1. The number of rotatable bonds is 7. The lowest BCUT2D eigenvalue weighted by Gasteiger charge is -2.14. The van der Waals surface area contributed by atoms with Crippen molar-refractivity contribution in [3.8, 4) is 0 Å². The van der Waals surface area contributed by atoms with Crippen LogP contribution >= 0.6 is 0 Å². The summed E-state index contributed by atoms with van der Waals surface area (Å²) in [6.45, 7) is 5.46. The number of methoxy groups -OCH3 is 1. The fourth-order valence-electron chi connectivity index (χ4n) is 1.59. The molecule has 0 bridgehead atoms. The lowest BCUT2D eigenvalue weighted by molar-refractivity contribution is -0.140. The largest absolute Gasteiger partial charge is 0.469 e. The van der Waals surface area contributed by atoms with Crippen LogP contribution in [0.4, 0.5) is 0 Å².